The van der Waals surface area contributed by atoms with Gasteiger partial charge in [-0.3, -0.25) is 4.79 Å². The number of aromatic nitrogens is 3. The highest BCUT2D eigenvalue weighted by Crippen LogP contribution is 2.30. The molecule has 0 aliphatic carbocycles. The van der Waals surface area contributed by atoms with Gasteiger partial charge in [-0.05, 0) is 37.0 Å². The van der Waals surface area contributed by atoms with E-state index in [1.165, 1.54) is 0 Å². The van der Waals surface area contributed by atoms with Crippen LogP contribution in [0.15, 0.2) is 30.3 Å². The molecule has 0 saturated carbocycles. The third-order valence-electron chi connectivity index (χ3n) is 5.07. The lowest BCUT2D eigenvalue weighted by Crippen LogP contribution is -2.32. The molecule has 0 radical (unpaired) electrons. The first-order chi connectivity index (χ1) is 13.4. The summed E-state index contributed by atoms with van der Waals surface area (Å²) in [4.78, 5) is 17.0. The van der Waals surface area contributed by atoms with Crippen LogP contribution in [0.25, 0.3) is 11.0 Å². The number of nitrogens with two attached hydrogens (primary N) is 1. The van der Waals surface area contributed by atoms with Crippen molar-refractivity contribution in [2.45, 2.75) is 32.7 Å². The first-order valence-electron chi connectivity index (χ1n) is 9.36. The molecule has 1 aromatic carbocycles. The Kier molecular flexibility index (Phi) is 9.55. The number of hydrogen-bond acceptors (Lipinski definition) is 5. The highest BCUT2D eigenvalue weighted by molar-refractivity contribution is 5.86. The molecule has 1 atom stereocenters. The quantitative estimate of drug-likeness (QED) is 0.572. The van der Waals surface area contributed by atoms with Crippen molar-refractivity contribution >= 4 is 41.8 Å². The Morgan fingerprint density at radius 2 is 1.90 bits per heavy atom. The van der Waals surface area contributed by atoms with E-state index in [-0.39, 0.29) is 36.8 Å². The highest BCUT2D eigenvalue weighted by atomic mass is 35.5. The minimum absolute atomic E-state index is 0. The van der Waals surface area contributed by atoms with Crippen LogP contribution in [0, 0.1) is 13.8 Å². The molecule has 3 N–H and O–H groups in total. The van der Waals surface area contributed by atoms with Gasteiger partial charge in [0, 0.05) is 31.7 Å². The van der Waals surface area contributed by atoms with E-state index in [0.29, 0.717) is 25.3 Å². The minimum atomic E-state index is -0.216. The average molecular weight is 454 g/mol. The van der Waals surface area contributed by atoms with E-state index in [4.69, 9.17) is 10.5 Å². The molecule has 0 fully saturated rings. The summed E-state index contributed by atoms with van der Waals surface area (Å²) >= 11 is 0. The van der Waals surface area contributed by atoms with Crippen molar-refractivity contribution in [2.75, 3.05) is 13.7 Å². The minimum Gasteiger partial charge on any atom is -0.479 e. The topological polar surface area (TPSA) is 95.1 Å². The number of ether oxygens (including phenoxy) is 1. The maximum Gasteiger partial charge on any atom is 0.242 e. The third-order valence-corrected chi connectivity index (χ3v) is 5.07. The van der Waals surface area contributed by atoms with E-state index in [0.717, 1.165) is 33.4 Å². The summed E-state index contributed by atoms with van der Waals surface area (Å²) in [6.45, 7) is 4.40. The molecule has 3 rings (SSSR count). The van der Waals surface area contributed by atoms with Gasteiger partial charge in [-0.15, -0.1) is 29.9 Å². The van der Waals surface area contributed by atoms with Crippen LogP contribution >= 0.6 is 24.8 Å². The zero-order chi connectivity index (χ0) is 20.3. The van der Waals surface area contributed by atoms with E-state index >= 15 is 0 Å². The SMILES string of the molecule is COc1nn(C)c2nc(C)c(CCC(=O)NCC(N)c3ccccc3)c(C)c12.Cl.Cl. The number of methoxy groups -OCH3 is 1. The Bertz CT molecular complexity index is 992. The maximum atomic E-state index is 12.3. The number of nitrogens with one attached hydrogen (secondary N) is 1. The Balaban J connectivity index is 0.00000225. The zero-order valence-corrected chi connectivity index (χ0v) is 19.3. The number of pyridine rings is 1. The Hall–Kier alpha value is -2.35. The highest BCUT2D eigenvalue weighted by Gasteiger charge is 2.18. The normalized spacial score (nSPS) is 11.4. The molecule has 1 amide bonds. The Morgan fingerprint density at radius 1 is 1.23 bits per heavy atom. The van der Waals surface area contributed by atoms with Crippen molar-refractivity contribution in [3.05, 3.63) is 52.7 Å². The molecule has 2 aromatic heterocycles. The molecule has 3 aromatic rings. The number of halogens is 2. The number of fused-ring (bicyclic) bond motifs is 1. The van der Waals surface area contributed by atoms with Gasteiger partial charge in [0.2, 0.25) is 11.8 Å². The molecule has 0 bridgehead atoms. The first kappa shape index (κ1) is 25.7. The number of amides is 1. The number of carbonyl (C=O) groups is 1. The second-order valence-electron chi connectivity index (χ2n) is 6.95. The number of benzene rings is 1. The van der Waals surface area contributed by atoms with E-state index in [1.54, 1.807) is 11.8 Å². The molecule has 164 valence electrons. The average Bonchev–Trinajstić information content (AvgIpc) is 3.02. The second kappa shape index (κ2) is 11.2. The van der Waals surface area contributed by atoms with E-state index in [2.05, 4.69) is 15.4 Å². The molecular weight excluding hydrogens is 425 g/mol. The molecule has 9 heteroatoms. The van der Waals surface area contributed by atoms with Gasteiger partial charge in [-0.25, -0.2) is 9.67 Å². The number of nitrogens with zero attached hydrogens (tertiary/aromatic N) is 3. The van der Waals surface area contributed by atoms with Crippen LogP contribution < -0.4 is 15.8 Å². The molecule has 0 spiro atoms. The lowest BCUT2D eigenvalue weighted by molar-refractivity contribution is -0.121. The smallest absolute Gasteiger partial charge is 0.242 e. The van der Waals surface area contributed by atoms with Crippen LogP contribution in [0.1, 0.15) is 34.8 Å². The predicted molar refractivity (Wildman–Crippen MR) is 124 cm³/mol. The molecule has 0 aliphatic rings. The lowest BCUT2D eigenvalue weighted by Gasteiger charge is -2.14. The van der Waals surface area contributed by atoms with Gasteiger partial charge in [0.1, 0.15) is 0 Å². The number of hydrogen-bond donors (Lipinski definition) is 2. The number of aryl methyl sites for hydroxylation is 3. The van der Waals surface area contributed by atoms with Crippen LogP contribution in [0.2, 0.25) is 0 Å². The summed E-state index contributed by atoms with van der Waals surface area (Å²) in [5, 5.41) is 8.19. The van der Waals surface area contributed by atoms with Gasteiger partial charge >= 0.3 is 0 Å². The Morgan fingerprint density at radius 3 is 2.53 bits per heavy atom. The van der Waals surface area contributed by atoms with Crippen molar-refractivity contribution in [3.8, 4) is 5.88 Å². The largest absolute Gasteiger partial charge is 0.479 e. The summed E-state index contributed by atoms with van der Waals surface area (Å²) in [6.07, 6.45) is 0.976. The van der Waals surface area contributed by atoms with Crippen LogP contribution in [0.4, 0.5) is 0 Å². The summed E-state index contributed by atoms with van der Waals surface area (Å²) < 4.78 is 7.11. The van der Waals surface area contributed by atoms with Crippen LogP contribution in [0.5, 0.6) is 5.88 Å². The fourth-order valence-electron chi connectivity index (χ4n) is 3.48. The molecule has 0 aliphatic heterocycles. The lowest BCUT2D eigenvalue weighted by atomic mass is 10.00. The standard InChI is InChI=1S/C21H27N5O2.2ClH/c1-13-16(14(2)24-20-19(13)21(28-4)25-26(20)3)10-11-18(27)23-12-17(22)15-8-6-5-7-9-15;;/h5-9,17H,10-12,22H2,1-4H3,(H,23,27);2*1H. The summed E-state index contributed by atoms with van der Waals surface area (Å²) in [6, 6.07) is 9.54. The molecule has 1 unspecified atom stereocenters. The van der Waals surface area contributed by atoms with Crippen LogP contribution in [-0.2, 0) is 18.3 Å². The monoisotopic (exact) mass is 453 g/mol. The molecule has 0 saturated heterocycles. The van der Waals surface area contributed by atoms with Gasteiger partial charge in [-0.1, -0.05) is 30.3 Å². The summed E-state index contributed by atoms with van der Waals surface area (Å²) in [5.74, 6) is 0.533. The van der Waals surface area contributed by atoms with Crippen molar-refractivity contribution in [3.63, 3.8) is 0 Å². The predicted octanol–water partition coefficient (Wildman–Crippen LogP) is 3.19. The fraction of sp³-hybridized carbons (Fsp3) is 0.381. The van der Waals surface area contributed by atoms with Gasteiger partial charge in [-0.2, -0.15) is 0 Å². The molecular formula is C21H29Cl2N5O2. The molecule has 2 heterocycles. The van der Waals surface area contributed by atoms with E-state index in [1.807, 2.05) is 51.2 Å². The van der Waals surface area contributed by atoms with Gasteiger partial charge in [0.05, 0.1) is 12.5 Å². The van der Waals surface area contributed by atoms with Crippen molar-refractivity contribution in [2.24, 2.45) is 12.8 Å². The van der Waals surface area contributed by atoms with E-state index in [9.17, 15) is 4.79 Å². The second-order valence-corrected chi connectivity index (χ2v) is 6.95. The zero-order valence-electron chi connectivity index (χ0n) is 17.6. The van der Waals surface area contributed by atoms with Gasteiger partial charge < -0.3 is 15.8 Å². The summed E-state index contributed by atoms with van der Waals surface area (Å²) in [7, 11) is 3.45. The van der Waals surface area contributed by atoms with Gasteiger partial charge in [0.25, 0.3) is 0 Å². The van der Waals surface area contributed by atoms with Crippen LogP contribution in [0.3, 0.4) is 0 Å². The third kappa shape index (κ3) is 5.41. The van der Waals surface area contributed by atoms with Crippen molar-refractivity contribution in [1.29, 1.82) is 0 Å². The van der Waals surface area contributed by atoms with Crippen LogP contribution in [-0.4, -0.2) is 34.3 Å². The maximum absolute atomic E-state index is 12.3. The van der Waals surface area contributed by atoms with E-state index < -0.39 is 0 Å². The van der Waals surface area contributed by atoms with Gasteiger partial charge in [0.15, 0.2) is 5.65 Å². The fourth-order valence-corrected chi connectivity index (χ4v) is 3.48. The summed E-state index contributed by atoms with van der Waals surface area (Å²) in [5.41, 5.74) is 11.0. The number of carbonyl (C=O) groups excluding carboxylic acids is 1. The molecule has 7 nitrogen and oxygen atoms in total. The number of rotatable bonds is 7. The van der Waals surface area contributed by atoms with Crippen molar-refractivity contribution in [1.82, 2.24) is 20.1 Å². The van der Waals surface area contributed by atoms with Crippen molar-refractivity contribution < 1.29 is 9.53 Å². The Labute approximate surface area is 189 Å². The first-order valence-corrected chi connectivity index (χ1v) is 9.36. The molecule has 30 heavy (non-hydrogen) atoms.